The third-order valence-corrected chi connectivity index (χ3v) is 6.25. The Kier molecular flexibility index (Phi) is 12.5. The summed E-state index contributed by atoms with van der Waals surface area (Å²) in [7, 11) is 4.12. The van der Waals surface area contributed by atoms with Gasteiger partial charge in [0.05, 0.1) is 0 Å². The van der Waals surface area contributed by atoms with Gasteiger partial charge in [0.2, 0.25) is 0 Å². The Hall–Kier alpha value is -0.380. The van der Waals surface area contributed by atoms with Crippen molar-refractivity contribution in [1.29, 1.82) is 0 Å². The predicted molar refractivity (Wildman–Crippen MR) is 130 cm³/mol. The minimum absolute atomic E-state index is 0. The second kappa shape index (κ2) is 13.7. The number of hydrogen-bond donors (Lipinski definition) is 2. The van der Waals surface area contributed by atoms with E-state index in [2.05, 4.69) is 63.8 Å². The average Bonchev–Trinajstić information content (AvgIpc) is 3.17. The van der Waals surface area contributed by atoms with E-state index in [0.717, 1.165) is 32.1 Å². The lowest BCUT2D eigenvalue weighted by Crippen LogP contribution is -2.46. The number of aliphatic imine (C=N–C) groups is 1. The summed E-state index contributed by atoms with van der Waals surface area (Å²) in [5.41, 5.74) is 0. The Balaban J connectivity index is 0.00000364. The van der Waals surface area contributed by atoms with Crippen molar-refractivity contribution in [1.82, 2.24) is 20.4 Å². The minimum atomic E-state index is 0. The molecule has 7 heteroatoms. The molecule has 0 radical (unpaired) electrons. The first-order valence-electron chi connectivity index (χ1n) is 10.1. The molecule has 1 fully saturated rings. The van der Waals surface area contributed by atoms with Crippen LogP contribution in [-0.2, 0) is 0 Å². The van der Waals surface area contributed by atoms with E-state index in [-0.39, 0.29) is 24.0 Å². The summed E-state index contributed by atoms with van der Waals surface area (Å²) in [4.78, 5) is 10.9. The van der Waals surface area contributed by atoms with Gasteiger partial charge in [0, 0.05) is 37.6 Å². The van der Waals surface area contributed by atoms with Crippen molar-refractivity contribution in [3.05, 3.63) is 22.4 Å². The van der Waals surface area contributed by atoms with Gasteiger partial charge in [-0.15, -0.1) is 35.3 Å². The molecule has 2 atom stereocenters. The molecule has 0 bridgehead atoms. The molecule has 0 saturated carbocycles. The number of nitrogens with zero attached hydrogens (tertiary/aromatic N) is 3. The van der Waals surface area contributed by atoms with E-state index >= 15 is 0 Å². The molecule has 1 aromatic heterocycles. The number of halogens is 1. The van der Waals surface area contributed by atoms with Gasteiger partial charge in [-0.05, 0) is 63.3 Å². The molecule has 156 valence electrons. The van der Waals surface area contributed by atoms with Crippen molar-refractivity contribution in [2.75, 3.05) is 53.4 Å². The lowest BCUT2D eigenvalue weighted by atomic mass is 9.88. The summed E-state index contributed by atoms with van der Waals surface area (Å²) in [5.74, 6) is 1.55. The molecule has 2 heterocycles. The van der Waals surface area contributed by atoms with Gasteiger partial charge in [-0.3, -0.25) is 9.89 Å². The Morgan fingerprint density at radius 2 is 2.15 bits per heavy atom. The Morgan fingerprint density at radius 3 is 2.78 bits per heavy atom. The van der Waals surface area contributed by atoms with E-state index < -0.39 is 0 Å². The summed E-state index contributed by atoms with van der Waals surface area (Å²) in [6.45, 7) is 10.9. The van der Waals surface area contributed by atoms with Gasteiger partial charge in [-0.2, -0.15) is 0 Å². The number of piperidine rings is 1. The topological polar surface area (TPSA) is 42.9 Å². The van der Waals surface area contributed by atoms with Crippen LogP contribution in [0.25, 0.3) is 0 Å². The van der Waals surface area contributed by atoms with Crippen molar-refractivity contribution in [2.24, 2.45) is 10.9 Å². The Morgan fingerprint density at radius 1 is 1.33 bits per heavy atom. The maximum atomic E-state index is 4.41. The maximum Gasteiger partial charge on any atom is 0.191 e. The van der Waals surface area contributed by atoms with E-state index in [1.54, 1.807) is 0 Å². The number of guanidine groups is 1. The first kappa shape index (κ1) is 24.7. The van der Waals surface area contributed by atoms with Gasteiger partial charge in [-0.1, -0.05) is 19.9 Å². The lowest BCUT2D eigenvalue weighted by molar-refractivity contribution is 0.125. The molecular formula is C20H38IN5S. The Labute approximate surface area is 187 Å². The molecule has 0 aromatic carbocycles. The van der Waals surface area contributed by atoms with Crippen LogP contribution in [0.1, 0.15) is 44.0 Å². The largest absolute Gasteiger partial charge is 0.356 e. The number of hydrogen-bond acceptors (Lipinski definition) is 4. The van der Waals surface area contributed by atoms with Crippen LogP contribution in [0.2, 0.25) is 0 Å². The van der Waals surface area contributed by atoms with Gasteiger partial charge >= 0.3 is 0 Å². The fraction of sp³-hybridized carbons (Fsp3) is 0.750. The second-order valence-corrected chi connectivity index (χ2v) is 8.14. The summed E-state index contributed by atoms with van der Waals surface area (Å²) in [6, 6.07) is 4.97. The smallest absolute Gasteiger partial charge is 0.191 e. The molecule has 5 nitrogen and oxygen atoms in total. The SMILES string of the molecule is CCCN(CC)CCNC(=NC)NCC1CCCN(C)C1c1cccs1.I. The van der Waals surface area contributed by atoms with Gasteiger partial charge in [-0.25, -0.2) is 0 Å². The Bertz CT molecular complexity index is 522. The molecule has 0 spiro atoms. The molecule has 1 saturated heterocycles. The van der Waals surface area contributed by atoms with Crippen LogP contribution >= 0.6 is 35.3 Å². The number of likely N-dealkylation sites (N-methyl/N-ethyl adjacent to an activating group) is 1. The highest BCUT2D eigenvalue weighted by molar-refractivity contribution is 14.0. The van der Waals surface area contributed by atoms with Crippen LogP contribution in [0.15, 0.2) is 22.5 Å². The number of rotatable bonds is 9. The molecule has 2 N–H and O–H groups in total. The van der Waals surface area contributed by atoms with Crippen LogP contribution in [-0.4, -0.2) is 69.1 Å². The predicted octanol–water partition coefficient (Wildman–Crippen LogP) is 3.65. The average molecular weight is 508 g/mol. The normalized spacial score (nSPS) is 21.1. The zero-order chi connectivity index (χ0) is 18.8. The molecule has 0 amide bonds. The molecule has 1 aliphatic rings. The van der Waals surface area contributed by atoms with Crippen LogP contribution in [0.3, 0.4) is 0 Å². The third-order valence-electron chi connectivity index (χ3n) is 5.30. The van der Waals surface area contributed by atoms with Gasteiger partial charge in [0.25, 0.3) is 0 Å². The molecule has 1 aromatic rings. The lowest BCUT2D eigenvalue weighted by Gasteiger charge is -2.39. The minimum Gasteiger partial charge on any atom is -0.356 e. The van der Waals surface area contributed by atoms with Crippen LogP contribution < -0.4 is 10.6 Å². The third kappa shape index (κ3) is 7.87. The van der Waals surface area contributed by atoms with Gasteiger partial charge in [0.15, 0.2) is 5.96 Å². The van der Waals surface area contributed by atoms with Gasteiger partial charge < -0.3 is 15.5 Å². The van der Waals surface area contributed by atoms with Crippen LogP contribution in [0, 0.1) is 5.92 Å². The van der Waals surface area contributed by atoms with Crippen molar-refractivity contribution in [3.63, 3.8) is 0 Å². The molecule has 2 unspecified atom stereocenters. The fourth-order valence-electron chi connectivity index (χ4n) is 3.91. The van der Waals surface area contributed by atoms with E-state index in [1.165, 1.54) is 37.2 Å². The summed E-state index contributed by atoms with van der Waals surface area (Å²) in [5, 5.41) is 9.25. The van der Waals surface area contributed by atoms with E-state index in [9.17, 15) is 0 Å². The molecule has 27 heavy (non-hydrogen) atoms. The molecule has 1 aliphatic heterocycles. The molecule has 0 aliphatic carbocycles. The van der Waals surface area contributed by atoms with E-state index in [1.807, 2.05) is 18.4 Å². The van der Waals surface area contributed by atoms with Crippen molar-refractivity contribution < 1.29 is 0 Å². The molecule has 2 rings (SSSR count). The standard InChI is InChI=1S/C20H37N5S.HI/c1-5-12-25(6-2)14-11-22-20(21-3)23-16-17-9-7-13-24(4)19(17)18-10-8-15-26-18;/h8,10,15,17,19H,5-7,9,11-14,16H2,1-4H3,(H2,21,22,23);1H. The van der Waals surface area contributed by atoms with Crippen LogP contribution in [0.4, 0.5) is 0 Å². The maximum absolute atomic E-state index is 4.41. The molecular weight excluding hydrogens is 469 g/mol. The number of nitrogens with one attached hydrogen (secondary N) is 2. The second-order valence-electron chi connectivity index (χ2n) is 7.16. The summed E-state index contributed by atoms with van der Waals surface area (Å²) in [6.07, 6.45) is 3.76. The highest BCUT2D eigenvalue weighted by Gasteiger charge is 2.31. The zero-order valence-electron chi connectivity index (χ0n) is 17.4. The van der Waals surface area contributed by atoms with Crippen molar-refractivity contribution in [3.8, 4) is 0 Å². The highest BCUT2D eigenvalue weighted by atomic mass is 127. The highest BCUT2D eigenvalue weighted by Crippen LogP contribution is 2.36. The first-order valence-corrected chi connectivity index (χ1v) is 11.0. The van der Waals surface area contributed by atoms with E-state index in [4.69, 9.17) is 0 Å². The number of likely N-dealkylation sites (tertiary alicyclic amines) is 1. The van der Waals surface area contributed by atoms with Gasteiger partial charge in [0.1, 0.15) is 0 Å². The number of thiophene rings is 1. The van der Waals surface area contributed by atoms with Crippen molar-refractivity contribution >= 4 is 41.3 Å². The first-order chi connectivity index (χ1) is 12.7. The summed E-state index contributed by atoms with van der Waals surface area (Å²) >= 11 is 1.88. The quantitative estimate of drug-likeness (QED) is 0.304. The summed E-state index contributed by atoms with van der Waals surface area (Å²) < 4.78 is 0. The van der Waals surface area contributed by atoms with Crippen LogP contribution in [0.5, 0.6) is 0 Å². The van der Waals surface area contributed by atoms with E-state index in [0.29, 0.717) is 12.0 Å². The fourth-order valence-corrected chi connectivity index (χ4v) is 4.89. The monoisotopic (exact) mass is 507 g/mol. The van der Waals surface area contributed by atoms with Crippen molar-refractivity contribution in [2.45, 2.75) is 39.2 Å². The zero-order valence-corrected chi connectivity index (χ0v) is 20.6.